The number of carbonyl (C=O) groups excluding carboxylic acids is 5. The number of benzene rings is 2. The third-order valence-corrected chi connectivity index (χ3v) is 4.48. The average Bonchev–Trinajstić information content (AvgIpc) is 2.64. The first-order valence-electron chi connectivity index (χ1n) is 7.62. The maximum atomic E-state index is 12.8. The molecule has 0 saturated carbocycles. The van der Waals surface area contributed by atoms with Crippen LogP contribution in [0.1, 0.15) is 41.4 Å². The molecule has 1 unspecified atom stereocenters. The number of fused-ring (bicyclic) bond motifs is 2. The molecule has 0 aliphatic heterocycles. The van der Waals surface area contributed by atoms with E-state index in [1.807, 2.05) is 0 Å². The molecule has 0 aromatic heterocycles. The Morgan fingerprint density at radius 2 is 1.08 bits per heavy atom. The summed E-state index contributed by atoms with van der Waals surface area (Å²) in [6.45, 7) is 0. The monoisotopic (exact) mass is 330 g/mol. The largest absolute Gasteiger partial charge is 0.293 e. The van der Waals surface area contributed by atoms with Gasteiger partial charge in [-0.15, -0.1) is 0 Å². The smallest absolute Gasteiger partial charge is 0.230 e. The van der Waals surface area contributed by atoms with Crippen LogP contribution in [0.3, 0.4) is 0 Å². The van der Waals surface area contributed by atoms with Crippen LogP contribution in [0.25, 0.3) is 0 Å². The molecule has 0 bridgehead atoms. The van der Waals surface area contributed by atoms with E-state index in [2.05, 4.69) is 0 Å². The summed E-state index contributed by atoms with van der Waals surface area (Å²) in [6.07, 6.45) is 1.01. The molecule has 2 aromatic carbocycles. The van der Waals surface area contributed by atoms with Gasteiger partial charge in [0.1, 0.15) is 5.92 Å². The van der Waals surface area contributed by atoms with Gasteiger partial charge in [0.25, 0.3) is 0 Å². The highest BCUT2D eigenvalue weighted by Gasteiger charge is 2.45. The number of carbonyl (C=O) groups is 5. The van der Waals surface area contributed by atoms with E-state index in [-0.39, 0.29) is 27.8 Å². The van der Waals surface area contributed by atoms with Gasteiger partial charge in [-0.1, -0.05) is 48.5 Å². The van der Waals surface area contributed by atoms with Crippen LogP contribution in [0.15, 0.2) is 60.2 Å². The second-order valence-corrected chi connectivity index (χ2v) is 5.87. The lowest BCUT2D eigenvalue weighted by atomic mass is 9.73. The van der Waals surface area contributed by atoms with Crippen LogP contribution in [0.2, 0.25) is 0 Å². The molecule has 0 N–H and O–H groups in total. The van der Waals surface area contributed by atoms with Gasteiger partial charge in [-0.05, 0) is 6.08 Å². The third-order valence-electron chi connectivity index (χ3n) is 4.48. The summed E-state index contributed by atoms with van der Waals surface area (Å²) in [5.41, 5.74) is 0.249. The minimum absolute atomic E-state index is 0.0318. The molecule has 2 aliphatic carbocycles. The molecule has 25 heavy (non-hydrogen) atoms. The summed E-state index contributed by atoms with van der Waals surface area (Å²) in [4.78, 5) is 62.6. The Kier molecular flexibility index (Phi) is 3.18. The normalized spacial score (nSPS) is 19.4. The first-order chi connectivity index (χ1) is 12.0. The van der Waals surface area contributed by atoms with Crippen LogP contribution < -0.4 is 0 Å². The predicted molar refractivity (Wildman–Crippen MR) is 86.8 cm³/mol. The lowest BCUT2D eigenvalue weighted by Gasteiger charge is -2.24. The fourth-order valence-electron chi connectivity index (χ4n) is 3.27. The number of allylic oxidation sites excluding steroid dienone is 2. The fraction of sp³-hybridized carbons (Fsp3) is 0.0500. The highest BCUT2D eigenvalue weighted by molar-refractivity contribution is 6.53. The molecule has 5 heteroatoms. The van der Waals surface area contributed by atoms with E-state index in [1.54, 1.807) is 24.3 Å². The first kappa shape index (κ1) is 15.1. The minimum Gasteiger partial charge on any atom is -0.293 e. The van der Waals surface area contributed by atoms with Crippen molar-refractivity contribution in [3.63, 3.8) is 0 Å². The maximum absolute atomic E-state index is 12.8. The van der Waals surface area contributed by atoms with Crippen molar-refractivity contribution in [3.8, 4) is 0 Å². The van der Waals surface area contributed by atoms with Crippen LogP contribution in [-0.4, -0.2) is 28.9 Å². The van der Waals surface area contributed by atoms with Gasteiger partial charge in [-0.3, -0.25) is 24.0 Å². The SMILES string of the molecule is O=C1C=C(C2C(=O)C(=O)c3ccccc3C2=O)C(=O)c2ccccc21. The fourth-order valence-corrected chi connectivity index (χ4v) is 3.27. The van der Waals surface area contributed by atoms with E-state index >= 15 is 0 Å². The molecular weight excluding hydrogens is 320 g/mol. The molecule has 0 radical (unpaired) electrons. The second kappa shape index (κ2) is 5.27. The van der Waals surface area contributed by atoms with E-state index in [0.29, 0.717) is 0 Å². The Balaban J connectivity index is 1.87. The Labute approximate surface area is 142 Å². The summed E-state index contributed by atoms with van der Waals surface area (Å²) in [5, 5.41) is 0. The van der Waals surface area contributed by atoms with Crippen molar-refractivity contribution in [1.82, 2.24) is 0 Å². The van der Waals surface area contributed by atoms with Gasteiger partial charge >= 0.3 is 0 Å². The zero-order valence-electron chi connectivity index (χ0n) is 12.8. The summed E-state index contributed by atoms with van der Waals surface area (Å²) in [7, 11) is 0. The van der Waals surface area contributed by atoms with Gasteiger partial charge in [0.15, 0.2) is 17.3 Å². The number of ketones is 5. The molecule has 0 heterocycles. The van der Waals surface area contributed by atoms with Crippen LogP contribution in [-0.2, 0) is 4.79 Å². The lowest BCUT2D eigenvalue weighted by Crippen LogP contribution is -2.40. The Morgan fingerprint density at radius 1 is 0.560 bits per heavy atom. The topological polar surface area (TPSA) is 85.3 Å². The van der Waals surface area contributed by atoms with Crippen molar-refractivity contribution >= 4 is 28.9 Å². The van der Waals surface area contributed by atoms with Crippen molar-refractivity contribution in [1.29, 1.82) is 0 Å². The molecule has 5 nitrogen and oxygen atoms in total. The molecule has 1 atom stereocenters. The van der Waals surface area contributed by atoms with E-state index in [1.165, 1.54) is 24.3 Å². The molecule has 0 amide bonds. The van der Waals surface area contributed by atoms with Crippen LogP contribution >= 0.6 is 0 Å². The number of Topliss-reactive ketones (excluding diaryl/α,β-unsaturated/α-hetero) is 4. The average molecular weight is 330 g/mol. The summed E-state index contributed by atoms with van der Waals surface area (Å²) >= 11 is 0. The molecule has 0 fully saturated rings. The van der Waals surface area contributed by atoms with Crippen LogP contribution in [0, 0.1) is 5.92 Å². The van der Waals surface area contributed by atoms with E-state index < -0.39 is 34.8 Å². The zero-order valence-corrected chi connectivity index (χ0v) is 12.8. The predicted octanol–water partition coefficient (Wildman–Crippen LogP) is 2.26. The highest BCUT2D eigenvalue weighted by Crippen LogP contribution is 2.32. The molecule has 0 saturated heterocycles. The van der Waals surface area contributed by atoms with Gasteiger partial charge in [0.05, 0.1) is 0 Å². The van der Waals surface area contributed by atoms with E-state index in [0.717, 1.165) is 6.08 Å². The van der Waals surface area contributed by atoms with Gasteiger partial charge in [0, 0.05) is 27.8 Å². The van der Waals surface area contributed by atoms with Crippen molar-refractivity contribution in [2.45, 2.75) is 0 Å². The molecule has 4 rings (SSSR count). The molecule has 2 aromatic rings. The summed E-state index contributed by atoms with van der Waals surface area (Å²) < 4.78 is 0. The Morgan fingerprint density at radius 3 is 1.72 bits per heavy atom. The Hall–Kier alpha value is -3.47. The summed E-state index contributed by atoms with van der Waals surface area (Å²) in [5.74, 6) is -5.03. The van der Waals surface area contributed by atoms with E-state index in [9.17, 15) is 24.0 Å². The number of rotatable bonds is 1. The molecule has 120 valence electrons. The van der Waals surface area contributed by atoms with Gasteiger partial charge < -0.3 is 0 Å². The quantitative estimate of drug-likeness (QED) is 0.591. The maximum Gasteiger partial charge on any atom is 0.230 e. The van der Waals surface area contributed by atoms with Crippen LogP contribution in [0.4, 0.5) is 0 Å². The van der Waals surface area contributed by atoms with E-state index in [4.69, 9.17) is 0 Å². The lowest BCUT2D eigenvalue weighted by molar-refractivity contribution is -0.116. The molecule has 2 aliphatic rings. The third kappa shape index (κ3) is 2.06. The van der Waals surface area contributed by atoms with Gasteiger partial charge in [-0.2, -0.15) is 0 Å². The Bertz CT molecular complexity index is 1040. The second-order valence-electron chi connectivity index (χ2n) is 5.87. The first-order valence-corrected chi connectivity index (χ1v) is 7.62. The molecule has 0 spiro atoms. The standard InChI is InChI=1S/C20H10O5/c21-15-9-14(17(22)11-6-2-1-5-10(11)15)16-18(23)12-7-3-4-8-13(12)19(24)20(16)25/h1-9,16H. The van der Waals surface area contributed by atoms with Crippen LogP contribution in [0.5, 0.6) is 0 Å². The summed E-state index contributed by atoms with van der Waals surface area (Å²) in [6, 6.07) is 12.2. The van der Waals surface area contributed by atoms with Crippen molar-refractivity contribution in [2.75, 3.05) is 0 Å². The highest BCUT2D eigenvalue weighted by atomic mass is 16.2. The minimum atomic E-state index is -1.56. The van der Waals surface area contributed by atoms with Crippen molar-refractivity contribution in [3.05, 3.63) is 82.4 Å². The number of hydrogen-bond donors (Lipinski definition) is 0. The van der Waals surface area contributed by atoms with Crippen molar-refractivity contribution < 1.29 is 24.0 Å². The number of hydrogen-bond acceptors (Lipinski definition) is 5. The van der Waals surface area contributed by atoms with Gasteiger partial charge in [-0.25, -0.2) is 0 Å². The zero-order chi connectivity index (χ0) is 17.7. The van der Waals surface area contributed by atoms with Gasteiger partial charge in [0.2, 0.25) is 11.6 Å². The van der Waals surface area contributed by atoms with Crippen molar-refractivity contribution in [2.24, 2.45) is 5.92 Å². The molecular formula is C20H10O5.